The van der Waals surface area contributed by atoms with Crippen LogP contribution in [0.4, 0.5) is 5.95 Å². The molecule has 19 heavy (non-hydrogen) atoms. The van der Waals surface area contributed by atoms with Gasteiger partial charge in [-0.15, -0.1) is 0 Å². The number of fused-ring (bicyclic) bond motifs is 1. The van der Waals surface area contributed by atoms with Crippen molar-refractivity contribution in [2.45, 2.75) is 32.7 Å². The number of nitrogens with zero attached hydrogens (tertiary/aromatic N) is 4. The van der Waals surface area contributed by atoms with Crippen molar-refractivity contribution in [3.63, 3.8) is 0 Å². The van der Waals surface area contributed by atoms with E-state index in [4.69, 9.17) is 0 Å². The highest BCUT2D eigenvalue weighted by Gasteiger charge is 2.42. The van der Waals surface area contributed by atoms with Crippen molar-refractivity contribution in [2.24, 2.45) is 11.8 Å². The molecule has 0 spiro atoms. The summed E-state index contributed by atoms with van der Waals surface area (Å²) in [5.41, 5.74) is 0. The van der Waals surface area contributed by atoms with Crippen LogP contribution in [0.5, 0.6) is 0 Å². The lowest BCUT2D eigenvalue weighted by Crippen LogP contribution is -2.63. The van der Waals surface area contributed by atoms with Gasteiger partial charge in [-0.1, -0.05) is 13.8 Å². The van der Waals surface area contributed by atoms with E-state index in [1.807, 2.05) is 18.5 Å². The van der Waals surface area contributed by atoms with Gasteiger partial charge in [0.05, 0.1) is 0 Å². The van der Waals surface area contributed by atoms with Crippen molar-refractivity contribution < 1.29 is 0 Å². The molecule has 2 aliphatic heterocycles. The first kappa shape index (κ1) is 12.9. The van der Waals surface area contributed by atoms with E-state index in [1.165, 1.54) is 25.9 Å². The number of piperidine rings is 1. The Balaban J connectivity index is 1.52. The molecule has 104 valence electrons. The molecule has 0 saturated carbocycles. The Bertz CT molecular complexity index is 406. The lowest BCUT2D eigenvalue weighted by Gasteiger charge is -2.53. The minimum Gasteiger partial charge on any atom is -0.340 e. The molecule has 4 nitrogen and oxygen atoms in total. The Hall–Kier alpha value is -1.16. The summed E-state index contributed by atoms with van der Waals surface area (Å²) in [6.45, 7) is 9.40. The molecule has 0 unspecified atom stereocenters. The first-order chi connectivity index (χ1) is 9.24. The van der Waals surface area contributed by atoms with Gasteiger partial charge >= 0.3 is 0 Å². The number of rotatable bonds is 4. The minimum atomic E-state index is 0.817. The fourth-order valence-electron chi connectivity index (χ4n) is 3.30. The van der Waals surface area contributed by atoms with Crippen LogP contribution in [0.15, 0.2) is 18.5 Å². The molecule has 2 aliphatic rings. The zero-order chi connectivity index (χ0) is 13.2. The van der Waals surface area contributed by atoms with Crippen molar-refractivity contribution in [1.29, 1.82) is 0 Å². The fraction of sp³-hybridized carbons (Fsp3) is 0.733. The van der Waals surface area contributed by atoms with Crippen molar-refractivity contribution >= 4 is 5.95 Å². The molecule has 3 heterocycles. The highest BCUT2D eigenvalue weighted by molar-refractivity contribution is 5.30. The summed E-state index contributed by atoms with van der Waals surface area (Å²) in [5.74, 6) is 2.54. The van der Waals surface area contributed by atoms with Crippen molar-refractivity contribution in [3.8, 4) is 0 Å². The van der Waals surface area contributed by atoms with Crippen LogP contribution in [0, 0.1) is 11.8 Å². The second kappa shape index (κ2) is 5.45. The third kappa shape index (κ3) is 2.73. The molecule has 1 aromatic rings. The zero-order valence-corrected chi connectivity index (χ0v) is 12.0. The Morgan fingerprint density at radius 2 is 2.05 bits per heavy atom. The van der Waals surface area contributed by atoms with Gasteiger partial charge in [-0.25, -0.2) is 9.97 Å². The normalized spacial score (nSPS) is 27.2. The highest BCUT2D eigenvalue weighted by Crippen LogP contribution is 2.33. The standard InChI is InChI=1S/C15H24N4/c1-12(2)4-8-18-10-13-11-19(9-5-14(13)18)15-16-6-3-7-17-15/h3,6-7,12-14H,4-5,8-11H2,1-2H3/t13-,14-/m1/s1. The van der Waals surface area contributed by atoms with Crippen LogP contribution in [-0.2, 0) is 0 Å². The molecule has 0 radical (unpaired) electrons. The number of hydrogen-bond donors (Lipinski definition) is 0. The molecule has 0 amide bonds. The Morgan fingerprint density at radius 1 is 1.26 bits per heavy atom. The smallest absolute Gasteiger partial charge is 0.225 e. The second-order valence-corrected chi connectivity index (χ2v) is 6.29. The second-order valence-electron chi connectivity index (χ2n) is 6.29. The third-order valence-electron chi connectivity index (χ3n) is 4.46. The highest BCUT2D eigenvalue weighted by atomic mass is 15.3. The van der Waals surface area contributed by atoms with Gasteiger partial charge in [-0.05, 0) is 31.4 Å². The van der Waals surface area contributed by atoms with Crippen LogP contribution in [0.2, 0.25) is 0 Å². The Kier molecular flexibility index (Phi) is 3.69. The molecule has 2 atom stereocenters. The molecule has 3 rings (SSSR count). The quantitative estimate of drug-likeness (QED) is 0.829. The topological polar surface area (TPSA) is 32.3 Å². The maximum Gasteiger partial charge on any atom is 0.225 e. The van der Waals surface area contributed by atoms with Crippen LogP contribution in [0.1, 0.15) is 26.7 Å². The summed E-state index contributed by atoms with van der Waals surface area (Å²) in [6.07, 6.45) is 6.27. The first-order valence-corrected chi connectivity index (χ1v) is 7.50. The van der Waals surface area contributed by atoms with Crippen LogP contribution >= 0.6 is 0 Å². The lowest BCUT2D eigenvalue weighted by atomic mass is 9.82. The van der Waals surface area contributed by atoms with E-state index in [2.05, 4.69) is 33.6 Å². The van der Waals surface area contributed by atoms with Gasteiger partial charge in [-0.3, -0.25) is 4.90 Å². The van der Waals surface area contributed by atoms with Gasteiger partial charge in [0, 0.05) is 44.0 Å². The SMILES string of the molecule is CC(C)CCN1C[C@@H]2CN(c3ncccn3)CC[C@H]21. The molecule has 0 aromatic carbocycles. The maximum absolute atomic E-state index is 4.37. The average Bonchev–Trinajstić information content (AvgIpc) is 2.40. The van der Waals surface area contributed by atoms with Gasteiger partial charge in [0.1, 0.15) is 0 Å². The summed E-state index contributed by atoms with van der Waals surface area (Å²) in [5, 5.41) is 0. The molecule has 2 saturated heterocycles. The molecule has 0 N–H and O–H groups in total. The third-order valence-corrected chi connectivity index (χ3v) is 4.46. The lowest BCUT2D eigenvalue weighted by molar-refractivity contribution is -0.00104. The van der Waals surface area contributed by atoms with Gasteiger partial charge < -0.3 is 4.90 Å². The molecule has 2 fully saturated rings. The number of aromatic nitrogens is 2. The predicted molar refractivity (Wildman–Crippen MR) is 77.2 cm³/mol. The minimum absolute atomic E-state index is 0.817. The zero-order valence-electron chi connectivity index (χ0n) is 12.0. The molecule has 0 bridgehead atoms. The van der Waals surface area contributed by atoms with E-state index in [1.54, 1.807) is 0 Å². The summed E-state index contributed by atoms with van der Waals surface area (Å²) in [4.78, 5) is 13.8. The van der Waals surface area contributed by atoms with Crippen LogP contribution in [0.25, 0.3) is 0 Å². The van der Waals surface area contributed by atoms with Gasteiger partial charge in [0.15, 0.2) is 0 Å². The van der Waals surface area contributed by atoms with E-state index >= 15 is 0 Å². The average molecular weight is 260 g/mol. The van der Waals surface area contributed by atoms with E-state index in [-0.39, 0.29) is 0 Å². The first-order valence-electron chi connectivity index (χ1n) is 7.50. The fourth-order valence-corrected chi connectivity index (χ4v) is 3.30. The molecule has 1 aromatic heterocycles. The summed E-state index contributed by atoms with van der Waals surface area (Å²) < 4.78 is 0. The summed E-state index contributed by atoms with van der Waals surface area (Å²) in [6, 6.07) is 2.70. The van der Waals surface area contributed by atoms with E-state index in [9.17, 15) is 0 Å². The van der Waals surface area contributed by atoms with Crippen LogP contribution in [0.3, 0.4) is 0 Å². The van der Waals surface area contributed by atoms with Gasteiger partial charge in [0.25, 0.3) is 0 Å². The van der Waals surface area contributed by atoms with E-state index in [0.717, 1.165) is 36.9 Å². The van der Waals surface area contributed by atoms with Crippen LogP contribution in [-0.4, -0.2) is 47.1 Å². The Morgan fingerprint density at radius 3 is 2.74 bits per heavy atom. The Labute approximate surface area is 115 Å². The van der Waals surface area contributed by atoms with Crippen LogP contribution < -0.4 is 4.90 Å². The van der Waals surface area contributed by atoms with Crippen molar-refractivity contribution in [2.75, 3.05) is 31.1 Å². The van der Waals surface area contributed by atoms with Gasteiger partial charge in [0.2, 0.25) is 5.95 Å². The van der Waals surface area contributed by atoms with Crippen molar-refractivity contribution in [1.82, 2.24) is 14.9 Å². The summed E-state index contributed by atoms with van der Waals surface area (Å²) in [7, 11) is 0. The largest absolute Gasteiger partial charge is 0.340 e. The molecule has 4 heteroatoms. The molecule has 0 aliphatic carbocycles. The molecular weight excluding hydrogens is 236 g/mol. The molecular formula is C15H24N4. The maximum atomic E-state index is 4.37. The van der Waals surface area contributed by atoms with Gasteiger partial charge in [-0.2, -0.15) is 0 Å². The van der Waals surface area contributed by atoms with E-state index < -0.39 is 0 Å². The van der Waals surface area contributed by atoms with E-state index in [0.29, 0.717) is 0 Å². The number of hydrogen-bond acceptors (Lipinski definition) is 4. The predicted octanol–water partition coefficient (Wildman–Crippen LogP) is 2.03. The number of anilines is 1. The summed E-state index contributed by atoms with van der Waals surface area (Å²) >= 11 is 0. The number of likely N-dealkylation sites (tertiary alicyclic amines) is 1. The monoisotopic (exact) mass is 260 g/mol. The van der Waals surface area contributed by atoms with Crippen molar-refractivity contribution in [3.05, 3.63) is 18.5 Å².